The number of ether oxygens (including phenoxy) is 2. The average Bonchev–Trinajstić information content (AvgIpc) is 2.33. The van der Waals surface area contributed by atoms with Crippen LogP contribution in [0.25, 0.3) is 0 Å². The smallest absolute Gasteiger partial charge is 0.101 e. The van der Waals surface area contributed by atoms with Crippen molar-refractivity contribution in [1.29, 1.82) is 0 Å². The van der Waals surface area contributed by atoms with Gasteiger partial charge in [-0.25, -0.2) is 0 Å². The molecule has 0 aromatic heterocycles. The Morgan fingerprint density at radius 1 is 1.44 bits per heavy atom. The van der Waals surface area contributed by atoms with Gasteiger partial charge in [0, 0.05) is 13.2 Å². The van der Waals surface area contributed by atoms with Crippen LogP contribution in [0.15, 0.2) is 0 Å². The van der Waals surface area contributed by atoms with E-state index in [1.165, 1.54) is 0 Å². The van der Waals surface area contributed by atoms with E-state index >= 15 is 0 Å². The molecule has 1 aliphatic rings. The summed E-state index contributed by atoms with van der Waals surface area (Å²) < 4.78 is 10.9. The van der Waals surface area contributed by atoms with Crippen LogP contribution in [0.2, 0.25) is 0 Å². The molecule has 2 N–H and O–H groups in total. The number of hydrogen-bond acceptors (Lipinski definition) is 4. The molecule has 1 heterocycles. The van der Waals surface area contributed by atoms with Crippen molar-refractivity contribution in [3.8, 4) is 0 Å². The van der Waals surface area contributed by atoms with Crippen LogP contribution in [0, 0.1) is 0 Å². The van der Waals surface area contributed by atoms with E-state index in [1.807, 2.05) is 0 Å². The SMILES string of the molecule is CCCCOCC(O)CO[C@H]1CCCNC1. The summed E-state index contributed by atoms with van der Waals surface area (Å²) in [5.41, 5.74) is 0. The number of unbranched alkanes of at least 4 members (excludes halogenated alkanes) is 1. The van der Waals surface area contributed by atoms with Gasteiger partial charge in [-0.3, -0.25) is 0 Å². The van der Waals surface area contributed by atoms with Crippen LogP contribution in [0.5, 0.6) is 0 Å². The average molecular weight is 231 g/mol. The normalized spacial score (nSPS) is 23.2. The van der Waals surface area contributed by atoms with Crippen molar-refractivity contribution < 1.29 is 14.6 Å². The maximum absolute atomic E-state index is 9.61. The molecule has 0 radical (unpaired) electrons. The Labute approximate surface area is 98.3 Å². The lowest BCUT2D eigenvalue weighted by atomic mass is 10.1. The molecule has 0 aliphatic carbocycles. The summed E-state index contributed by atoms with van der Waals surface area (Å²) in [6, 6.07) is 0. The number of rotatable bonds is 8. The molecule has 4 heteroatoms. The Morgan fingerprint density at radius 2 is 2.31 bits per heavy atom. The van der Waals surface area contributed by atoms with E-state index in [4.69, 9.17) is 9.47 Å². The van der Waals surface area contributed by atoms with Gasteiger partial charge in [-0.2, -0.15) is 0 Å². The van der Waals surface area contributed by atoms with Crippen LogP contribution < -0.4 is 5.32 Å². The second-order valence-electron chi connectivity index (χ2n) is 4.38. The van der Waals surface area contributed by atoms with Crippen molar-refractivity contribution in [2.75, 3.05) is 32.9 Å². The summed E-state index contributed by atoms with van der Waals surface area (Å²) in [6.45, 7) is 5.63. The Kier molecular flexibility index (Phi) is 7.76. The molecule has 0 aromatic rings. The van der Waals surface area contributed by atoms with Gasteiger partial charge in [0.25, 0.3) is 0 Å². The van der Waals surface area contributed by atoms with Gasteiger partial charge in [0.15, 0.2) is 0 Å². The quantitative estimate of drug-likeness (QED) is 0.610. The van der Waals surface area contributed by atoms with E-state index in [1.54, 1.807) is 0 Å². The van der Waals surface area contributed by atoms with Crippen LogP contribution >= 0.6 is 0 Å². The maximum Gasteiger partial charge on any atom is 0.101 e. The van der Waals surface area contributed by atoms with Crippen LogP contribution in [-0.4, -0.2) is 50.2 Å². The highest BCUT2D eigenvalue weighted by molar-refractivity contribution is 4.69. The summed E-state index contributed by atoms with van der Waals surface area (Å²) in [5.74, 6) is 0. The molecule has 1 fully saturated rings. The maximum atomic E-state index is 9.61. The van der Waals surface area contributed by atoms with Gasteiger partial charge in [-0.1, -0.05) is 13.3 Å². The first kappa shape index (κ1) is 13.9. The van der Waals surface area contributed by atoms with Crippen molar-refractivity contribution in [1.82, 2.24) is 5.32 Å². The molecule has 96 valence electrons. The minimum atomic E-state index is -0.487. The Morgan fingerprint density at radius 3 is 3.00 bits per heavy atom. The predicted octanol–water partition coefficient (Wildman–Crippen LogP) is 0.933. The molecule has 0 spiro atoms. The van der Waals surface area contributed by atoms with E-state index in [0.29, 0.717) is 13.2 Å². The van der Waals surface area contributed by atoms with Crippen molar-refractivity contribution >= 4 is 0 Å². The van der Waals surface area contributed by atoms with Crippen LogP contribution in [0.4, 0.5) is 0 Å². The Bertz CT molecular complexity index is 160. The highest BCUT2D eigenvalue weighted by Crippen LogP contribution is 2.06. The summed E-state index contributed by atoms with van der Waals surface area (Å²) >= 11 is 0. The number of aliphatic hydroxyl groups is 1. The molecule has 0 bridgehead atoms. The van der Waals surface area contributed by atoms with Crippen molar-refractivity contribution in [2.24, 2.45) is 0 Å². The molecular formula is C12H25NO3. The predicted molar refractivity (Wildman–Crippen MR) is 63.6 cm³/mol. The fourth-order valence-corrected chi connectivity index (χ4v) is 1.72. The van der Waals surface area contributed by atoms with E-state index < -0.39 is 6.10 Å². The van der Waals surface area contributed by atoms with Crippen molar-refractivity contribution in [3.63, 3.8) is 0 Å². The van der Waals surface area contributed by atoms with Crippen molar-refractivity contribution in [3.05, 3.63) is 0 Å². The summed E-state index contributed by atoms with van der Waals surface area (Å²) in [6.07, 6.45) is 4.21. The topological polar surface area (TPSA) is 50.7 Å². The van der Waals surface area contributed by atoms with Gasteiger partial charge < -0.3 is 19.9 Å². The molecule has 1 unspecified atom stereocenters. The minimum absolute atomic E-state index is 0.263. The lowest BCUT2D eigenvalue weighted by molar-refractivity contribution is -0.0494. The third-order valence-corrected chi connectivity index (χ3v) is 2.73. The van der Waals surface area contributed by atoms with Gasteiger partial charge in [0.1, 0.15) is 6.10 Å². The molecule has 1 rings (SSSR count). The van der Waals surface area contributed by atoms with E-state index in [2.05, 4.69) is 12.2 Å². The van der Waals surface area contributed by atoms with Gasteiger partial charge in [-0.15, -0.1) is 0 Å². The van der Waals surface area contributed by atoms with E-state index in [9.17, 15) is 5.11 Å². The van der Waals surface area contributed by atoms with E-state index in [0.717, 1.165) is 45.4 Å². The van der Waals surface area contributed by atoms with Gasteiger partial charge >= 0.3 is 0 Å². The first-order valence-corrected chi connectivity index (χ1v) is 6.41. The third-order valence-electron chi connectivity index (χ3n) is 2.73. The second kappa shape index (κ2) is 8.93. The molecule has 0 amide bonds. The van der Waals surface area contributed by atoms with Crippen LogP contribution in [0.3, 0.4) is 0 Å². The van der Waals surface area contributed by atoms with Crippen molar-refractivity contribution in [2.45, 2.75) is 44.8 Å². The zero-order valence-electron chi connectivity index (χ0n) is 10.3. The molecule has 2 atom stereocenters. The number of piperidine rings is 1. The van der Waals surface area contributed by atoms with Crippen LogP contribution in [-0.2, 0) is 9.47 Å². The zero-order chi connectivity index (χ0) is 11.6. The van der Waals surface area contributed by atoms with Gasteiger partial charge in [-0.05, 0) is 25.8 Å². The van der Waals surface area contributed by atoms with Gasteiger partial charge in [0.05, 0.1) is 19.3 Å². The highest BCUT2D eigenvalue weighted by Gasteiger charge is 2.14. The molecule has 1 saturated heterocycles. The second-order valence-corrected chi connectivity index (χ2v) is 4.38. The highest BCUT2D eigenvalue weighted by atomic mass is 16.5. The Balaban J connectivity index is 1.94. The summed E-state index contributed by atoms with van der Waals surface area (Å²) in [5, 5.41) is 12.9. The number of aliphatic hydroxyl groups excluding tert-OH is 1. The third kappa shape index (κ3) is 6.43. The molecular weight excluding hydrogens is 206 g/mol. The molecule has 0 saturated carbocycles. The largest absolute Gasteiger partial charge is 0.388 e. The monoisotopic (exact) mass is 231 g/mol. The molecule has 16 heavy (non-hydrogen) atoms. The summed E-state index contributed by atoms with van der Waals surface area (Å²) in [4.78, 5) is 0. The Hall–Kier alpha value is -0.160. The molecule has 0 aromatic carbocycles. The fourth-order valence-electron chi connectivity index (χ4n) is 1.72. The molecule has 4 nitrogen and oxygen atoms in total. The van der Waals surface area contributed by atoms with Gasteiger partial charge in [0.2, 0.25) is 0 Å². The lowest BCUT2D eigenvalue weighted by Crippen LogP contribution is -2.37. The zero-order valence-corrected chi connectivity index (χ0v) is 10.3. The fraction of sp³-hybridized carbons (Fsp3) is 1.00. The van der Waals surface area contributed by atoms with E-state index in [-0.39, 0.29) is 6.10 Å². The number of nitrogens with one attached hydrogen (secondary N) is 1. The number of hydrogen-bond donors (Lipinski definition) is 2. The van der Waals surface area contributed by atoms with Crippen LogP contribution in [0.1, 0.15) is 32.6 Å². The molecule has 1 aliphatic heterocycles. The first-order valence-electron chi connectivity index (χ1n) is 6.41. The minimum Gasteiger partial charge on any atom is -0.388 e. The lowest BCUT2D eigenvalue weighted by Gasteiger charge is -2.24. The standard InChI is InChI=1S/C12H25NO3/c1-2-3-7-15-9-11(14)10-16-12-5-4-6-13-8-12/h11-14H,2-10H2,1H3/t11?,12-/m0/s1. The summed E-state index contributed by atoms with van der Waals surface area (Å²) in [7, 11) is 0. The first-order chi connectivity index (χ1) is 7.83.